The van der Waals surface area contributed by atoms with Gasteiger partial charge in [-0.25, -0.2) is 4.98 Å². The molecule has 0 spiro atoms. The number of ketones is 3. The van der Waals surface area contributed by atoms with Crippen LogP contribution >= 0.6 is 0 Å². The van der Waals surface area contributed by atoms with Crippen LogP contribution in [0.1, 0.15) is 58.1 Å². The first-order valence-electron chi connectivity index (χ1n) is 11.5. The van der Waals surface area contributed by atoms with Gasteiger partial charge in [0, 0.05) is 38.2 Å². The zero-order valence-electron chi connectivity index (χ0n) is 19.8. The number of ether oxygens (including phenoxy) is 2. The van der Waals surface area contributed by atoms with Gasteiger partial charge in [0.05, 0.1) is 38.7 Å². The van der Waals surface area contributed by atoms with E-state index in [0.29, 0.717) is 52.0 Å². The number of rotatable bonds is 21. The standard InChI is InChI=1S/C23H38N4O6/c1-18(28)23(26-15-21(30)9-8-20-14-24-17-27-20)7-5-3-4-6-22(31)16-33-13-12-32-11-10-25-19(2)29/h14,17,23,26H,3-13,15-16H2,1-2H3,(H,24,27)(H,25,29)/t23-/m0/s1. The molecule has 1 heterocycles. The van der Waals surface area contributed by atoms with Crippen molar-refractivity contribution in [1.29, 1.82) is 0 Å². The van der Waals surface area contributed by atoms with Crippen LogP contribution in [0.15, 0.2) is 12.5 Å². The normalized spacial score (nSPS) is 11.8. The Morgan fingerprint density at radius 3 is 2.48 bits per heavy atom. The van der Waals surface area contributed by atoms with Crippen molar-refractivity contribution in [3.63, 3.8) is 0 Å². The van der Waals surface area contributed by atoms with Crippen molar-refractivity contribution in [2.24, 2.45) is 0 Å². The third-order valence-corrected chi connectivity index (χ3v) is 4.97. The number of nitrogens with one attached hydrogen (secondary N) is 3. The number of aryl methyl sites for hydroxylation is 1. The number of Topliss-reactive ketones (excluding diaryl/α,β-unsaturated/α-hetero) is 3. The van der Waals surface area contributed by atoms with Crippen molar-refractivity contribution in [2.45, 2.75) is 64.8 Å². The number of aromatic nitrogens is 2. The van der Waals surface area contributed by atoms with E-state index in [-0.39, 0.29) is 42.5 Å². The molecule has 10 heteroatoms. The molecule has 1 aromatic rings. The number of aromatic amines is 1. The lowest BCUT2D eigenvalue weighted by molar-refractivity contribution is -0.124. The largest absolute Gasteiger partial charge is 0.377 e. The van der Waals surface area contributed by atoms with E-state index in [1.54, 1.807) is 12.5 Å². The monoisotopic (exact) mass is 466 g/mol. The molecule has 0 unspecified atom stereocenters. The predicted octanol–water partition coefficient (Wildman–Crippen LogP) is 1.15. The highest BCUT2D eigenvalue weighted by molar-refractivity contribution is 5.84. The SMILES string of the molecule is CC(=O)NCCOCCOCC(=O)CCCCC[C@H](NCC(=O)CCc1cnc[nH]1)C(C)=O. The summed E-state index contributed by atoms with van der Waals surface area (Å²) in [5.74, 6) is 0.0119. The molecule has 0 bridgehead atoms. The van der Waals surface area contributed by atoms with Crippen LogP contribution in [0.5, 0.6) is 0 Å². The number of nitrogens with zero attached hydrogens (tertiary/aromatic N) is 1. The van der Waals surface area contributed by atoms with Crippen molar-refractivity contribution >= 4 is 23.3 Å². The van der Waals surface area contributed by atoms with Crippen LogP contribution in [0.4, 0.5) is 0 Å². The van der Waals surface area contributed by atoms with E-state index >= 15 is 0 Å². The Bertz CT molecular complexity index is 708. The Hall–Kier alpha value is -2.43. The summed E-state index contributed by atoms with van der Waals surface area (Å²) in [4.78, 5) is 53.3. The molecule has 0 radical (unpaired) electrons. The molecule has 0 aliphatic carbocycles. The second kappa shape index (κ2) is 18.0. The summed E-state index contributed by atoms with van der Waals surface area (Å²) >= 11 is 0. The molecule has 0 aromatic carbocycles. The molecule has 1 aromatic heterocycles. The molecule has 0 aliphatic heterocycles. The first kappa shape index (κ1) is 28.6. The molecule has 0 fully saturated rings. The molecule has 1 amide bonds. The van der Waals surface area contributed by atoms with Crippen molar-refractivity contribution < 1.29 is 28.7 Å². The number of carbonyl (C=O) groups excluding carboxylic acids is 4. The van der Waals surface area contributed by atoms with Crippen molar-refractivity contribution in [3.05, 3.63) is 18.2 Å². The lowest BCUT2D eigenvalue weighted by Crippen LogP contribution is -2.38. The average molecular weight is 467 g/mol. The molecule has 0 aliphatic rings. The molecular formula is C23H38N4O6. The van der Waals surface area contributed by atoms with Crippen molar-refractivity contribution in [2.75, 3.05) is 39.5 Å². The Kier molecular flexibility index (Phi) is 15.6. The summed E-state index contributed by atoms with van der Waals surface area (Å²) in [5, 5.41) is 5.69. The van der Waals surface area contributed by atoms with Crippen LogP contribution in [0, 0.1) is 0 Å². The maximum atomic E-state index is 12.0. The van der Waals surface area contributed by atoms with Gasteiger partial charge in [-0.05, 0) is 26.2 Å². The Balaban J connectivity index is 2.02. The third kappa shape index (κ3) is 15.9. The quantitative estimate of drug-likeness (QED) is 0.229. The number of carbonyl (C=O) groups is 4. The van der Waals surface area contributed by atoms with E-state index in [9.17, 15) is 19.2 Å². The van der Waals surface area contributed by atoms with Gasteiger partial charge in [0.1, 0.15) is 18.2 Å². The van der Waals surface area contributed by atoms with Gasteiger partial charge in [0.25, 0.3) is 0 Å². The minimum absolute atomic E-state index is 0.0140. The summed E-state index contributed by atoms with van der Waals surface area (Å²) in [6, 6.07) is -0.342. The maximum absolute atomic E-state index is 12.0. The van der Waals surface area contributed by atoms with Gasteiger partial charge in [-0.15, -0.1) is 0 Å². The highest BCUT2D eigenvalue weighted by Crippen LogP contribution is 2.08. The van der Waals surface area contributed by atoms with Gasteiger partial charge in [0.2, 0.25) is 5.91 Å². The zero-order valence-corrected chi connectivity index (χ0v) is 19.8. The fourth-order valence-electron chi connectivity index (χ4n) is 3.09. The van der Waals surface area contributed by atoms with E-state index in [4.69, 9.17) is 9.47 Å². The van der Waals surface area contributed by atoms with E-state index < -0.39 is 0 Å². The number of H-pyrrole nitrogens is 1. The molecule has 1 rings (SSSR count). The number of hydrogen-bond donors (Lipinski definition) is 3. The van der Waals surface area contributed by atoms with Crippen LogP contribution in [0.3, 0.4) is 0 Å². The van der Waals surface area contributed by atoms with Gasteiger partial charge in [-0.1, -0.05) is 12.8 Å². The van der Waals surface area contributed by atoms with Crippen LogP contribution in [0.25, 0.3) is 0 Å². The fraction of sp³-hybridized carbons (Fsp3) is 0.696. The fourth-order valence-corrected chi connectivity index (χ4v) is 3.09. The number of amides is 1. The summed E-state index contributed by atoms with van der Waals surface area (Å²) in [7, 11) is 0. The second-order valence-electron chi connectivity index (χ2n) is 7.95. The third-order valence-electron chi connectivity index (χ3n) is 4.97. The molecule has 33 heavy (non-hydrogen) atoms. The predicted molar refractivity (Wildman–Crippen MR) is 123 cm³/mol. The Labute approximate surface area is 195 Å². The topological polar surface area (TPSA) is 139 Å². The van der Waals surface area contributed by atoms with Crippen LogP contribution in [-0.4, -0.2) is 78.8 Å². The lowest BCUT2D eigenvalue weighted by Gasteiger charge is -2.15. The Morgan fingerprint density at radius 2 is 1.79 bits per heavy atom. The minimum Gasteiger partial charge on any atom is -0.377 e. The molecule has 10 nitrogen and oxygen atoms in total. The van der Waals surface area contributed by atoms with E-state index in [1.807, 2.05) is 0 Å². The summed E-state index contributed by atoms with van der Waals surface area (Å²) in [6.07, 6.45) is 7.73. The van der Waals surface area contributed by atoms with E-state index in [0.717, 1.165) is 25.0 Å². The zero-order chi connectivity index (χ0) is 24.3. The number of imidazole rings is 1. The van der Waals surface area contributed by atoms with Crippen LogP contribution in [0.2, 0.25) is 0 Å². The number of hydrogen-bond acceptors (Lipinski definition) is 8. The van der Waals surface area contributed by atoms with Gasteiger partial charge in [0.15, 0.2) is 5.78 Å². The molecular weight excluding hydrogens is 428 g/mol. The Morgan fingerprint density at radius 1 is 1.00 bits per heavy atom. The first-order valence-corrected chi connectivity index (χ1v) is 11.5. The van der Waals surface area contributed by atoms with Gasteiger partial charge < -0.3 is 25.1 Å². The van der Waals surface area contributed by atoms with Crippen molar-refractivity contribution in [1.82, 2.24) is 20.6 Å². The van der Waals surface area contributed by atoms with E-state index in [2.05, 4.69) is 20.6 Å². The van der Waals surface area contributed by atoms with Crippen LogP contribution in [-0.2, 0) is 35.1 Å². The van der Waals surface area contributed by atoms with Crippen molar-refractivity contribution in [3.8, 4) is 0 Å². The highest BCUT2D eigenvalue weighted by atomic mass is 16.5. The lowest BCUT2D eigenvalue weighted by atomic mass is 10.0. The van der Waals surface area contributed by atoms with Gasteiger partial charge in [-0.3, -0.25) is 19.2 Å². The smallest absolute Gasteiger partial charge is 0.216 e. The van der Waals surface area contributed by atoms with Gasteiger partial charge in [-0.2, -0.15) is 0 Å². The summed E-state index contributed by atoms with van der Waals surface area (Å²) < 4.78 is 10.6. The first-order chi connectivity index (χ1) is 15.9. The maximum Gasteiger partial charge on any atom is 0.216 e. The highest BCUT2D eigenvalue weighted by Gasteiger charge is 2.15. The number of unbranched alkanes of at least 4 members (excludes halogenated alkanes) is 2. The summed E-state index contributed by atoms with van der Waals surface area (Å²) in [6.45, 7) is 4.77. The van der Waals surface area contributed by atoms with E-state index in [1.165, 1.54) is 13.8 Å². The van der Waals surface area contributed by atoms with Crippen LogP contribution < -0.4 is 10.6 Å². The molecule has 3 N–H and O–H groups in total. The molecule has 0 saturated heterocycles. The molecule has 0 saturated carbocycles. The van der Waals surface area contributed by atoms with Gasteiger partial charge >= 0.3 is 0 Å². The molecule has 1 atom stereocenters. The molecule has 186 valence electrons. The second-order valence-corrected chi connectivity index (χ2v) is 7.95. The minimum atomic E-state index is -0.342. The summed E-state index contributed by atoms with van der Waals surface area (Å²) in [5.41, 5.74) is 0.915. The average Bonchev–Trinajstić information content (AvgIpc) is 3.29.